The Kier molecular flexibility index (Phi) is 4.11. The Bertz CT molecular complexity index is 424. The highest BCUT2D eigenvalue weighted by Crippen LogP contribution is 2.39. The first kappa shape index (κ1) is 13.3. The van der Waals surface area contributed by atoms with Crippen LogP contribution in [0.5, 0.6) is 0 Å². The average Bonchev–Trinajstić information content (AvgIpc) is 2.30. The van der Waals surface area contributed by atoms with E-state index in [1.807, 2.05) is 0 Å². The molecule has 3 unspecified atom stereocenters. The van der Waals surface area contributed by atoms with E-state index in [1.165, 1.54) is 0 Å². The third kappa shape index (κ3) is 2.67. The second kappa shape index (κ2) is 5.25. The Labute approximate surface area is 115 Å². The van der Waals surface area contributed by atoms with Crippen molar-refractivity contribution in [1.29, 1.82) is 0 Å². The normalized spacial score (nSPS) is 29.4. The first-order valence-corrected chi connectivity index (χ1v) is 7.06. The summed E-state index contributed by atoms with van der Waals surface area (Å²) in [7, 11) is 0. The average molecular weight is 321 g/mol. The minimum absolute atomic E-state index is 0.0398. The van der Waals surface area contributed by atoms with E-state index in [-0.39, 0.29) is 22.8 Å². The van der Waals surface area contributed by atoms with Crippen molar-refractivity contribution < 1.29 is 4.39 Å². The summed E-state index contributed by atoms with van der Waals surface area (Å²) in [6, 6.07) is 3.64. The van der Waals surface area contributed by atoms with Crippen LogP contribution in [0.1, 0.15) is 37.7 Å². The van der Waals surface area contributed by atoms with E-state index >= 15 is 0 Å². The van der Waals surface area contributed by atoms with Gasteiger partial charge in [0.05, 0.1) is 5.02 Å². The summed E-state index contributed by atoms with van der Waals surface area (Å²) >= 11 is 9.15. The molecule has 0 amide bonds. The van der Waals surface area contributed by atoms with Crippen LogP contribution in [0.4, 0.5) is 4.39 Å². The van der Waals surface area contributed by atoms with Crippen LogP contribution >= 0.6 is 27.5 Å². The summed E-state index contributed by atoms with van der Waals surface area (Å²) < 4.78 is 14.7. The lowest BCUT2D eigenvalue weighted by molar-refractivity contribution is 0.301. The van der Waals surface area contributed by atoms with Gasteiger partial charge in [0.25, 0.3) is 0 Å². The SMILES string of the molecule is CC1CCC(N)C(c2ccc(Br)c(Cl)c2F)C1. The lowest BCUT2D eigenvalue weighted by Crippen LogP contribution is -2.34. The maximum absolute atomic E-state index is 14.1. The number of hydrogen-bond acceptors (Lipinski definition) is 1. The van der Waals surface area contributed by atoms with Crippen LogP contribution < -0.4 is 5.73 Å². The molecule has 3 atom stereocenters. The molecule has 1 aliphatic carbocycles. The van der Waals surface area contributed by atoms with E-state index in [9.17, 15) is 4.39 Å². The topological polar surface area (TPSA) is 26.0 Å². The van der Waals surface area contributed by atoms with Crippen molar-refractivity contribution in [2.75, 3.05) is 0 Å². The Balaban J connectivity index is 2.36. The number of rotatable bonds is 1. The summed E-state index contributed by atoms with van der Waals surface area (Å²) in [4.78, 5) is 0. The van der Waals surface area contributed by atoms with E-state index in [0.717, 1.165) is 19.3 Å². The molecular formula is C13H16BrClFN. The van der Waals surface area contributed by atoms with Crippen LogP contribution in [0.25, 0.3) is 0 Å². The Morgan fingerprint density at radius 3 is 2.82 bits per heavy atom. The molecule has 4 heteroatoms. The smallest absolute Gasteiger partial charge is 0.146 e. The molecule has 0 bridgehead atoms. The standard InChI is InChI=1S/C13H16BrClFN/c1-7-2-5-11(17)9(6-7)8-3-4-10(14)12(15)13(8)16/h3-4,7,9,11H,2,5-6,17H2,1H3. The zero-order chi connectivity index (χ0) is 12.6. The number of benzene rings is 1. The van der Waals surface area contributed by atoms with Crippen molar-refractivity contribution >= 4 is 27.5 Å². The predicted octanol–water partition coefficient (Wildman–Crippen LogP) is 4.47. The molecule has 2 N–H and O–H groups in total. The van der Waals surface area contributed by atoms with E-state index in [2.05, 4.69) is 22.9 Å². The number of halogens is 3. The molecule has 0 heterocycles. The summed E-state index contributed by atoms with van der Waals surface area (Å²) in [5.41, 5.74) is 6.77. The van der Waals surface area contributed by atoms with Crippen LogP contribution in [0, 0.1) is 11.7 Å². The number of nitrogens with two attached hydrogens (primary N) is 1. The van der Waals surface area contributed by atoms with Crippen molar-refractivity contribution in [3.63, 3.8) is 0 Å². The summed E-state index contributed by atoms with van der Waals surface area (Å²) in [5.74, 6) is 0.363. The molecule has 94 valence electrons. The highest BCUT2D eigenvalue weighted by molar-refractivity contribution is 9.10. The van der Waals surface area contributed by atoms with Gasteiger partial charge in [-0.15, -0.1) is 0 Å². The van der Waals surface area contributed by atoms with Crippen molar-refractivity contribution in [2.24, 2.45) is 11.7 Å². The van der Waals surface area contributed by atoms with E-state index < -0.39 is 0 Å². The van der Waals surface area contributed by atoms with Crippen LogP contribution in [-0.2, 0) is 0 Å². The third-order valence-corrected chi connectivity index (χ3v) is 4.89. The second-order valence-corrected chi connectivity index (χ2v) is 6.19. The van der Waals surface area contributed by atoms with Crippen molar-refractivity contribution in [3.05, 3.63) is 33.0 Å². The monoisotopic (exact) mass is 319 g/mol. The van der Waals surface area contributed by atoms with Gasteiger partial charge < -0.3 is 5.73 Å². The third-order valence-electron chi connectivity index (χ3n) is 3.63. The van der Waals surface area contributed by atoms with Gasteiger partial charge in [0.1, 0.15) is 5.82 Å². The fourth-order valence-corrected chi connectivity index (χ4v) is 3.07. The van der Waals surface area contributed by atoms with Crippen LogP contribution in [0.3, 0.4) is 0 Å². The molecule has 1 fully saturated rings. The van der Waals surface area contributed by atoms with Crippen LogP contribution in [-0.4, -0.2) is 6.04 Å². The zero-order valence-electron chi connectivity index (χ0n) is 9.72. The molecule has 0 saturated heterocycles. The zero-order valence-corrected chi connectivity index (χ0v) is 12.1. The van der Waals surface area contributed by atoms with Crippen LogP contribution in [0.15, 0.2) is 16.6 Å². The minimum Gasteiger partial charge on any atom is -0.327 e. The van der Waals surface area contributed by atoms with Crippen molar-refractivity contribution in [3.8, 4) is 0 Å². The van der Waals surface area contributed by atoms with Gasteiger partial charge >= 0.3 is 0 Å². The highest BCUT2D eigenvalue weighted by Gasteiger charge is 2.30. The Morgan fingerprint density at radius 2 is 2.12 bits per heavy atom. The molecule has 17 heavy (non-hydrogen) atoms. The predicted molar refractivity (Wildman–Crippen MR) is 72.8 cm³/mol. The van der Waals surface area contributed by atoms with Gasteiger partial charge in [-0.1, -0.05) is 24.6 Å². The Morgan fingerprint density at radius 1 is 1.41 bits per heavy atom. The van der Waals surface area contributed by atoms with Gasteiger partial charge in [0.2, 0.25) is 0 Å². The first-order chi connectivity index (χ1) is 8.00. The molecule has 1 aromatic rings. The molecule has 1 aromatic carbocycles. The lowest BCUT2D eigenvalue weighted by Gasteiger charge is -2.33. The highest BCUT2D eigenvalue weighted by atomic mass is 79.9. The fraction of sp³-hybridized carbons (Fsp3) is 0.538. The molecule has 1 saturated carbocycles. The molecule has 2 rings (SSSR count). The van der Waals surface area contributed by atoms with E-state index in [1.54, 1.807) is 12.1 Å². The molecule has 0 aliphatic heterocycles. The van der Waals surface area contributed by atoms with E-state index in [0.29, 0.717) is 16.0 Å². The molecule has 0 spiro atoms. The van der Waals surface area contributed by atoms with Crippen molar-refractivity contribution in [1.82, 2.24) is 0 Å². The quantitative estimate of drug-likeness (QED) is 0.759. The minimum atomic E-state index is -0.324. The maximum atomic E-state index is 14.1. The Hall–Kier alpha value is -0.120. The van der Waals surface area contributed by atoms with Gasteiger partial charge in [-0.25, -0.2) is 4.39 Å². The largest absolute Gasteiger partial charge is 0.327 e. The van der Waals surface area contributed by atoms with Gasteiger partial charge in [0.15, 0.2) is 0 Å². The van der Waals surface area contributed by atoms with Gasteiger partial charge in [-0.05, 0) is 52.7 Å². The summed E-state index contributed by atoms with van der Waals surface area (Å²) in [6.45, 7) is 2.19. The number of hydrogen-bond donors (Lipinski definition) is 1. The lowest BCUT2D eigenvalue weighted by atomic mass is 9.75. The molecule has 1 nitrogen and oxygen atoms in total. The van der Waals surface area contributed by atoms with E-state index in [4.69, 9.17) is 17.3 Å². The molecular weight excluding hydrogens is 305 g/mol. The fourth-order valence-electron chi connectivity index (χ4n) is 2.59. The van der Waals surface area contributed by atoms with Crippen LogP contribution in [0.2, 0.25) is 5.02 Å². The maximum Gasteiger partial charge on any atom is 0.146 e. The van der Waals surface area contributed by atoms with Gasteiger partial charge in [-0.3, -0.25) is 0 Å². The molecule has 1 aliphatic rings. The van der Waals surface area contributed by atoms with Crippen molar-refractivity contribution in [2.45, 2.75) is 38.1 Å². The first-order valence-electron chi connectivity index (χ1n) is 5.89. The molecule has 0 radical (unpaired) electrons. The summed E-state index contributed by atoms with van der Waals surface area (Å²) in [5, 5.41) is 0.160. The second-order valence-electron chi connectivity index (χ2n) is 4.95. The summed E-state index contributed by atoms with van der Waals surface area (Å²) in [6.07, 6.45) is 3.03. The van der Waals surface area contributed by atoms with Gasteiger partial charge in [0, 0.05) is 16.4 Å². The molecule has 0 aromatic heterocycles. The van der Waals surface area contributed by atoms with Gasteiger partial charge in [-0.2, -0.15) is 0 Å².